The summed E-state index contributed by atoms with van der Waals surface area (Å²) in [6.07, 6.45) is 28.0. The van der Waals surface area contributed by atoms with Gasteiger partial charge in [0.25, 0.3) is 0 Å². The Kier molecular flexibility index (Phi) is 6.54. The molecule has 0 radical (unpaired) electrons. The highest BCUT2D eigenvalue weighted by Gasteiger charge is 2.40. The van der Waals surface area contributed by atoms with E-state index in [1.54, 1.807) is 5.57 Å². The maximum absolute atomic E-state index is 6.23. The first kappa shape index (κ1) is 28.9. The summed E-state index contributed by atoms with van der Waals surface area (Å²) in [5, 5.41) is 2.63. The van der Waals surface area contributed by atoms with Crippen LogP contribution in [0.15, 0.2) is 111 Å². The van der Waals surface area contributed by atoms with Crippen LogP contribution in [0, 0.1) is 5.92 Å². The Morgan fingerprint density at radius 1 is 0.780 bits per heavy atom. The van der Waals surface area contributed by atoms with Gasteiger partial charge in [0.2, 0.25) is 0 Å². The number of furan rings is 1. The third kappa shape index (κ3) is 4.52. The Morgan fingerprint density at radius 3 is 2.56 bits per heavy atom. The third-order valence-corrected chi connectivity index (χ3v) is 12.4. The van der Waals surface area contributed by atoms with E-state index in [-0.39, 0.29) is 0 Å². The molecule has 1 saturated carbocycles. The highest BCUT2D eigenvalue weighted by molar-refractivity contribution is 6.06. The maximum Gasteiger partial charge on any atom is 0.134 e. The molecular weight excluding hydrogens is 609 g/mol. The van der Waals surface area contributed by atoms with Gasteiger partial charge in [0.15, 0.2) is 0 Å². The minimum atomic E-state index is 0.440. The minimum Gasteiger partial charge on any atom is -0.460 e. The van der Waals surface area contributed by atoms with E-state index < -0.39 is 0 Å². The summed E-state index contributed by atoms with van der Waals surface area (Å²) in [6.45, 7) is 0. The van der Waals surface area contributed by atoms with Crippen molar-refractivity contribution < 1.29 is 4.42 Å². The standard InChI is InChI=1S/C47H42N2O/c1-2-10-29(11-3-1)47-41-28-38(41)34-12-4-5-15-37(34)46(48-47)30-18-22-33(23-19-30)49-42-16-8-6-13-35(42)39-26-31(20-24-43(39)49)32-21-25-45-40(27-32)36-14-7-9-17-44(36)50-45/h4-5,7-8,10,12,14-16,20-22,24-27,30,38H,1-3,6,9,11,13,17-19,23,28H2/t30?,38-/m0/s1. The zero-order valence-corrected chi connectivity index (χ0v) is 28.7. The van der Waals surface area contributed by atoms with Gasteiger partial charge in [0.05, 0.1) is 16.9 Å². The molecule has 3 aromatic carbocycles. The first-order valence-corrected chi connectivity index (χ1v) is 19.1. The lowest BCUT2D eigenvalue weighted by Gasteiger charge is -2.27. The van der Waals surface area contributed by atoms with Crippen molar-refractivity contribution in [2.24, 2.45) is 10.9 Å². The molecule has 3 heterocycles. The van der Waals surface area contributed by atoms with Crippen molar-refractivity contribution in [2.45, 2.75) is 83.0 Å². The predicted molar refractivity (Wildman–Crippen MR) is 207 cm³/mol. The smallest absolute Gasteiger partial charge is 0.134 e. The molecule has 0 saturated heterocycles. The van der Waals surface area contributed by atoms with Gasteiger partial charge in [-0.1, -0.05) is 66.8 Å². The van der Waals surface area contributed by atoms with Gasteiger partial charge >= 0.3 is 0 Å². The quantitative estimate of drug-likeness (QED) is 0.190. The molecule has 2 atom stereocenters. The Morgan fingerprint density at radius 2 is 1.66 bits per heavy atom. The van der Waals surface area contributed by atoms with E-state index in [4.69, 9.17) is 9.41 Å². The number of aliphatic imine (C=N–C) groups is 1. The van der Waals surface area contributed by atoms with E-state index >= 15 is 0 Å². The molecule has 246 valence electrons. The van der Waals surface area contributed by atoms with Crippen LogP contribution >= 0.6 is 0 Å². The van der Waals surface area contributed by atoms with E-state index in [1.807, 2.05) is 0 Å². The van der Waals surface area contributed by atoms with E-state index in [0.29, 0.717) is 11.8 Å². The van der Waals surface area contributed by atoms with Crippen LogP contribution in [-0.2, 0) is 12.8 Å². The molecule has 50 heavy (non-hydrogen) atoms. The van der Waals surface area contributed by atoms with Gasteiger partial charge in [0, 0.05) is 51.5 Å². The molecule has 0 spiro atoms. The number of hydrogen-bond acceptors (Lipinski definition) is 2. The van der Waals surface area contributed by atoms with Gasteiger partial charge < -0.3 is 8.98 Å². The average molecular weight is 651 g/mol. The van der Waals surface area contributed by atoms with Crippen LogP contribution in [0.25, 0.3) is 50.8 Å². The number of rotatable bonds is 4. The summed E-state index contributed by atoms with van der Waals surface area (Å²) < 4.78 is 8.82. The minimum absolute atomic E-state index is 0.440. The number of nitrogens with zero attached hydrogens (tertiary/aromatic N) is 2. The van der Waals surface area contributed by atoms with Crippen LogP contribution in [0.5, 0.6) is 0 Å². The van der Waals surface area contributed by atoms with Crippen LogP contribution in [0.1, 0.15) is 104 Å². The summed E-state index contributed by atoms with van der Waals surface area (Å²) in [5.41, 5.74) is 19.2. The Bertz CT molecular complexity index is 2450. The molecular formula is C47H42N2O. The van der Waals surface area contributed by atoms with Crippen LogP contribution < -0.4 is 0 Å². The molecule has 5 aliphatic carbocycles. The molecule has 5 aromatic rings. The molecule has 3 nitrogen and oxygen atoms in total. The topological polar surface area (TPSA) is 30.4 Å². The van der Waals surface area contributed by atoms with Gasteiger partial charge in [-0.05, 0) is 134 Å². The second-order valence-corrected chi connectivity index (χ2v) is 15.3. The monoisotopic (exact) mass is 650 g/mol. The number of benzene rings is 3. The van der Waals surface area contributed by atoms with Gasteiger partial charge in [-0.2, -0.15) is 0 Å². The fourth-order valence-electron chi connectivity index (χ4n) is 9.78. The molecule has 11 rings (SSSR count). The van der Waals surface area contributed by atoms with Gasteiger partial charge in [-0.15, -0.1) is 0 Å². The van der Waals surface area contributed by atoms with Gasteiger partial charge in [0.1, 0.15) is 11.3 Å². The second kappa shape index (κ2) is 11.3. The summed E-state index contributed by atoms with van der Waals surface area (Å²) in [5.74, 6) is 2.13. The maximum atomic E-state index is 6.23. The average Bonchev–Trinajstić information content (AvgIpc) is 3.81. The highest BCUT2D eigenvalue weighted by Crippen LogP contribution is 2.54. The van der Waals surface area contributed by atoms with Crippen LogP contribution in [-0.4, -0.2) is 10.3 Å². The molecule has 1 fully saturated rings. The van der Waals surface area contributed by atoms with Crippen molar-refractivity contribution in [1.82, 2.24) is 4.57 Å². The third-order valence-electron chi connectivity index (χ3n) is 12.4. The zero-order chi connectivity index (χ0) is 32.8. The summed E-state index contributed by atoms with van der Waals surface area (Å²) in [7, 11) is 0. The van der Waals surface area contributed by atoms with Crippen molar-refractivity contribution in [2.75, 3.05) is 0 Å². The summed E-state index contributed by atoms with van der Waals surface area (Å²) in [4.78, 5) is 5.64. The molecule has 0 amide bonds. The van der Waals surface area contributed by atoms with Crippen LogP contribution in [0.4, 0.5) is 0 Å². The van der Waals surface area contributed by atoms with Crippen molar-refractivity contribution in [3.63, 3.8) is 0 Å². The number of aryl methyl sites for hydroxylation is 2. The summed E-state index contributed by atoms with van der Waals surface area (Å²) in [6, 6.07) is 23.1. The second-order valence-electron chi connectivity index (χ2n) is 15.3. The van der Waals surface area contributed by atoms with Crippen molar-refractivity contribution in [3.8, 4) is 11.1 Å². The van der Waals surface area contributed by atoms with Crippen molar-refractivity contribution in [1.29, 1.82) is 0 Å². The summed E-state index contributed by atoms with van der Waals surface area (Å²) >= 11 is 0. The zero-order valence-electron chi connectivity index (χ0n) is 28.7. The fraction of sp³-hybridized carbons (Fsp3) is 0.298. The SMILES string of the molecule is C1=Cc2c(oc3ccc(-c4ccc5c(c4)c4c(n5C5=CCC(C6=NC(C7=CCCCC7)=C7C[C@H]7c7ccccc76)CC5)C=CCC4)cc23)CC1. The van der Waals surface area contributed by atoms with E-state index in [9.17, 15) is 0 Å². The van der Waals surface area contributed by atoms with Gasteiger partial charge in [-0.3, -0.25) is 4.99 Å². The first-order chi connectivity index (χ1) is 24.8. The lowest BCUT2D eigenvalue weighted by Crippen LogP contribution is -2.21. The Hall–Kier alpha value is -4.89. The van der Waals surface area contributed by atoms with E-state index in [2.05, 4.69) is 102 Å². The Balaban J connectivity index is 0.964. The normalized spacial score (nSPS) is 22.4. The molecule has 6 aliphatic rings. The lowest BCUT2D eigenvalue weighted by atomic mass is 9.83. The Labute approximate surface area is 294 Å². The van der Waals surface area contributed by atoms with Crippen LogP contribution in [0.3, 0.4) is 0 Å². The molecule has 0 N–H and O–H groups in total. The predicted octanol–water partition coefficient (Wildman–Crippen LogP) is 12.4. The van der Waals surface area contributed by atoms with Gasteiger partial charge in [-0.25, -0.2) is 0 Å². The fourth-order valence-corrected chi connectivity index (χ4v) is 9.78. The molecule has 0 bridgehead atoms. The van der Waals surface area contributed by atoms with Crippen molar-refractivity contribution >= 4 is 45.4 Å². The molecule has 3 heteroatoms. The molecule has 2 aromatic heterocycles. The molecule has 1 aliphatic heterocycles. The van der Waals surface area contributed by atoms with Crippen molar-refractivity contribution in [3.05, 3.63) is 136 Å². The largest absolute Gasteiger partial charge is 0.460 e. The van der Waals surface area contributed by atoms with E-state index in [1.165, 1.54) is 110 Å². The molecule has 1 unspecified atom stereocenters. The lowest BCUT2D eigenvalue weighted by molar-refractivity contribution is 0.546. The first-order valence-electron chi connectivity index (χ1n) is 19.1. The van der Waals surface area contributed by atoms with E-state index in [0.717, 1.165) is 56.3 Å². The number of fused-ring (bicyclic) bond motifs is 9. The number of hydrogen-bond donors (Lipinski definition) is 0. The number of aromatic nitrogens is 1. The highest BCUT2D eigenvalue weighted by atomic mass is 16.3. The van der Waals surface area contributed by atoms with Crippen LogP contribution in [0.2, 0.25) is 0 Å². The number of allylic oxidation sites excluding steroid dienone is 7.